The minimum Gasteiger partial charge on any atom is -0.755 e. The molecule has 0 aliphatic heterocycles. The first-order valence-corrected chi connectivity index (χ1v) is 15.4. The molecule has 1 aliphatic carbocycles. The Morgan fingerprint density at radius 3 is 2.27 bits per heavy atom. The van der Waals surface area contributed by atoms with Crippen molar-refractivity contribution in [2.45, 2.75) is 31.8 Å². The van der Waals surface area contributed by atoms with Crippen LogP contribution in [-0.4, -0.2) is 35.5 Å². The van der Waals surface area contributed by atoms with Crippen LogP contribution in [0.25, 0.3) is 22.3 Å². The number of esters is 1. The van der Waals surface area contributed by atoms with E-state index >= 15 is 0 Å². The normalized spacial score (nSPS) is 13.4. The third-order valence-electron chi connectivity index (χ3n) is 7.82. The summed E-state index contributed by atoms with van der Waals surface area (Å²) in [5, 5.41) is 0.591. The second-order valence-corrected chi connectivity index (χ2v) is 11.6. The Bertz CT molecular complexity index is 1780. The molecule has 1 aromatic heterocycles. The number of rotatable bonds is 12. The first-order valence-electron chi connectivity index (χ1n) is 14.4. The maximum Gasteiger partial charge on any atom is 0.342 e. The van der Waals surface area contributed by atoms with Crippen LogP contribution in [0.1, 0.15) is 45.8 Å². The number of fused-ring (bicyclic) bond motifs is 1. The van der Waals surface area contributed by atoms with Gasteiger partial charge >= 0.3 is 5.97 Å². The lowest BCUT2D eigenvalue weighted by molar-refractivity contribution is 0.0603. The average molecular weight is 611 g/mol. The summed E-state index contributed by atoms with van der Waals surface area (Å²) >= 11 is -2.53. The predicted molar refractivity (Wildman–Crippen MR) is 169 cm³/mol. The van der Waals surface area contributed by atoms with Gasteiger partial charge in [-0.25, -0.2) is 4.79 Å². The van der Waals surface area contributed by atoms with E-state index in [-0.39, 0.29) is 12.5 Å². The summed E-state index contributed by atoms with van der Waals surface area (Å²) in [6, 6.07) is 28.4. The molecule has 0 radical (unpaired) electrons. The van der Waals surface area contributed by atoms with Crippen molar-refractivity contribution in [1.82, 2.24) is 0 Å². The molecule has 5 aromatic rings. The van der Waals surface area contributed by atoms with Crippen molar-refractivity contribution in [3.63, 3.8) is 0 Å². The highest BCUT2D eigenvalue weighted by molar-refractivity contribution is 7.80. The predicted octanol–water partition coefficient (Wildman–Crippen LogP) is 7.19. The number of furan rings is 1. The average Bonchev–Trinajstić information content (AvgIpc) is 3.84. The van der Waals surface area contributed by atoms with E-state index < -0.39 is 17.2 Å². The highest BCUT2D eigenvalue weighted by Crippen LogP contribution is 2.48. The second kappa shape index (κ2) is 13.0. The van der Waals surface area contributed by atoms with Crippen LogP contribution in [0.3, 0.4) is 0 Å². The third-order valence-corrected chi connectivity index (χ3v) is 8.56. The standard InChI is InChI=1S/C35H33NO7S/c1-40-27-14-8-23(9-15-27)18-19-36(44(38)39)31-21-32-30(20-29(31)25-10-11-25)33(35(37)41-2)34(43-32)26-12-16-28(17-13-26)42-22-24-6-4-3-5-7-24/h3-9,12-17,20-21,25H,10-11,18-19,22H2,1-2H3,(H,38,39)/p-1. The van der Waals surface area contributed by atoms with Crippen LogP contribution < -0.4 is 13.8 Å². The Morgan fingerprint density at radius 2 is 1.64 bits per heavy atom. The van der Waals surface area contributed by atoms with Crippen molar-refractivity contribution in [2.75, 3.05) is 25.1 Å². The molecule has 1 atom stereocenters. The first kappa shape index (κ1) is 29.5. The quantitative estimate of drug-likeness (QED) is 0.109. The zero-order chi connectivity index (χ0) is 30.6. The molecule has 1 fully saturated rings. The van der Waals surface area contributed by atoms with Crippen molar-refractivity contribution in [2.24, 2.45) is 0 Å². The van der Waals surface area contributed by atoms with E-state index in [9.17, 15) is 13.6 Å². The zero-order valence-electron chi connectivity index (χ0n) is 24.5. The van der Waals surface area contributed by atoms with Gasteiger partial charge in [-0.1, -0.05) is 42.5 Å². The van der Waals surface area contributed by atoms with E-state index in [1.54, 1.807) is 13.2 Å². The van der Waals surface area contributed by atoms with Gasteiger partial charge in [0, 0.05) is 34.8 Å². The highest BCUT2D eigenvalue weighted by atomic mass is 32.2. The Hall–Kier alpha value is -4.60. The maximum atomic E-state index is 13.1. The number of nitrogens with zero attached hydrogens (tertiary/aromatic N) is 1. The molecule has 0 spiro atoms. The van der Waals surface area contributed by atoms with Crippen molar-refractivity contribution in [1.29, 1.82) is 0 Å². The summed E-state index contributed by atoms with van der Waals surface area (Å²) in [5.74, 6) is 1.45. The van der Waals surface area contributed by atoms with E-state index in [1.807, 2.05) is 84.9 Å². The monoisotopic (exact) mass is 610 g/mol. The number of methoxy groups -OCH3 is 2. The van der Waals surface area contributed by atoms with Gasteiger partial charge in [0.25, 0.3) is 0 Å². The number of anilines is 1. The van der Waals surface area contributed by atoms with E-state index in [0.717, 1.165) is 35.3 Å². The molecule has 6 rings (SSSR count). The number of carbonyl (C=O) groups is 1. The van der Waals surface area contributed by atoms with Crippen LogP contribution in [0.2, 0.25) is 0 Å². The van der Waals surface area contributed by atoms with Crippen LogP contribution in [0.15, 0.2) is 95.4 Å². The van der Waals surface area contributed by atoms with Gasteiger partial charge in [-0.15, -0.1) is 0 Å². The molecule has 1 unspecified atom stereocenters. The number of carbonyl (C=O) groups excluding carboxylic acids is 1. The molecular formula is C35H32NO7S-. The van der Waals surface area contributed by atoms with Gasteiger partial charge in [0.2, 0.25) is 0 Å². The van der Waals surface area contributed by atoms with Crippen LogP contribution in [0.5, 0.6) is 11.5 Å². The lowest BCUT2D eigenvalue weighted by atomic mass is 10.0. The number of hydrogen-bond donors (Lipinski definition) is 0. The molecule has 226 valence electrons. The van der Waals surface area contributed by atoms with Gasteiger partial charge in [0.05, 0.1) is 19.9 Å². The Kier molecular flexibility index (Phi) is 8.67. The molecule has 8 nitrogen and oxygen atoms in total. The van der Waals surface area contributed by atoms with E-state index in [2.05, 4.69) is 0 Å². The third kappa shape index (κ3) is 6.34. The molecule has 0 amide bonds. The summed E-state index contributed by atoms with van der Waals surface area (Å²) in [7, 11) is 2.94. The summed E-state index contributed by atoms with van der Waals surface area (Å²) in [6.45, 7) is 0.677. The molecule has 0 saturated heterocycles. The van der Waals surface area contributed by atoms with Gasteiger partial charge in [-0.3, -0.25) is 4.21 Å². The number of benzene rings is 4. The van der Waals surface area contributed by atoms with Crippen molar-refractivity contribution >= 4 is 33.9 Å². The van der Waals surface area contributed by atoms with Gasteiger partial charge in [-0.05, 0) is 84.3 Å². The lowest BCUT2D eigenvalue weighted by Gasteiger charge is -2.28. The molecule has 0 N–H and O–H groups in total. The molecule has 44 heavy (non-hydrogen) atoms. The lowest BCUT2D eigenvalue weighted by Crippen LogP contribution is -2.28. The topological polar surface area (TPSA) is 101 Å². The summed E-state index contributed by atoms with van der Waals surface area (Å²) in [6.07, 6.45) is 2.40. The van der Waals surface area contributed by atoms with E-state index in [4.69, 9.17) is 18.6 Å². The van der Waals surface area contributed by atoms with E-state index in [1.165, 1.54) is 11.4 Å². The second-order valence-electron chi connectivity index (χ2n) is 10.7. The van der Waals surface area contributed by atoms with Crippen molar-refractivity contribution in [3.8, 4) is 22.8 Å². The Balaban J connectivity index is 1.34. The minimum absolute atomic E-state index is 0.200. The molecule has 0 bridgehead atoms. The Labute approximate surface area is 258 Å². The van der Waals surface area contributed by atoms with Gasteiger partial charge < -0.3 is 27.5 Å². The fourth-order valence-corrected chi connectivity index (χ4v) is 5.89. The van der Waals surface area contributed by atoms with Crippen LogP contribution in [-0.2, 0) is 29.0 Å². The van der Waals surface area contributed by atoms with Crippen LogP contribution in [0, 0.1) is 0 Å². The molecular weight excluding hydrogens is 578 g/mol. The van der Waals surface area contributed by atoms with E-state index in [0.29, 0.717) is 52.3 Å². The largest absolute Gasteiger partial charge is 0.755 e. The number of hydrogen-bond acceptors (Lipinski definition) is 7. The van der Waals surface area contributed by atoms with Gasteiger partial charge in [0.1, 0.15) is 35.0 Å². The van der Waals surface area contributed by atoms with Crippen molar-refractivity contribution in [3.05, 3.63) is 113 Å². The molecule has 1 heterocycles. The van der Waals surface area contributed by atoms with Crippen LogP contribution >= 0.6 is 0 Å². The summed E-state index contributed by atoms with van der Waals surface area (Å²) in [4.78, 5) is 13.1. The maximum absolute atomic E-state index is 13.1. The molecule has 1 aliphatic rings. The SMILES string of the molecule is COC(=O)c1c(-c2ccc(OCc3ccccc3)cc2)oc2cc(N(CCc3ccc(OC)cc3)S(=O)[O-])c(C3CC3)cc12. The smallest absolute Gasteiger partial charge is 0.342 e. The molecule has 9 heteroatoms. The summed E-state index contributed by atoms with van der Waals surface area (Å²) in [5.41, 5.74) is 4.86. The first-order chi connectivity index (χ1) is 21.4. The Morgan fingerprint density at radius 1 is 0.932 bits per heavy atom. The van der Waals surface area contributed by atoms with Crippen LogP contribution in [0.4, 0.5) is 5.69 Å². The summed E-state index contributed by atoms with van der Waals surface area (Å²) < 4.78 is 49.1. The minimum atomic E-state index is -2.53. The van der Waals surface area contributed by atoms with Crippen molar-refractivity contribution < 1.29 is 32.2 Å². The zero-order valence-corrected chi connectivity index (χ0v) is 25.3. The highest BCUT2D eigenvalue weighted by Gasteiger charge is 2.32. The van der Waals surface area contributed by atoms with Gasteiger partial charge in [-0.2, -0.15) is 0 Å². The fourth-order valence-electron chi connectivity index (χ4n) is 5.34. The molecule has 4 aromatic carbocycles. The molecule has 1 saturated carbocycles. The fraction of sp³-hybridized carbons (Fsp3) is 0.229. The number of ether oxygens (including phenoxy) is 3. The van der Waals surface area contributed by atoms with Gasteiger partial charge in [0.15, 0.2) is 0 Å².